The van der Waals surface area contributed by atoms with Gasteiger partial charge in [0, 0.05) is 27.0 Å². The van der Waals surface area contributed by atoms with Gasteiger partial charge in [0.15, 0.2) is 0 Å². The maximum atomic E-state index is 6.37. The van der Waals surface area contributed by atoms with Crippen LogP contribution in [0.25, 0.3) is 0 Å². The number of nitrogens with zero attached hydrogens (tertiary/aromatic N) is 2. The summed E-state index contributed by atoms with van der Waals surface area (Å²) < 4.78 is 7.42. The first-order valence-electron chi connectivity index (χ1n) is 9.23. The van der Waals surface area contributed by atoms with Crippen LogP contribution in [0.1, 0.15) is 40.9 Å². The zero-order chi connectivity index (χ0) is 19.3. The molecule has 0 fully saturated rings. The SMILES string of the molecule is Cc1ccc(C2=NN3[C@H](C2)c2cc(Cl)ccc2O[C@@H]3c2ccc(Br)cc2)cc1. The summed E-state index contributed by atoms with van der Waals surface area (Å²) in [6.45, 7) is 2.10. The number of hydrogen-bond acceptors (Lipinski definition) is 3. The summed E-state index contributed by atoms with van der Waals surface area (Å²) in [5.74, 6) is 0.874. The first kappa shape index (κ1) is 17.8. The van der Waals surface area contributed by atoms with Crippen molar-refractivity contribution in [2.24, 2.45) is 5.10 Å². The monoisotopic (exact) mass is 452 g/mol. The minimum absolute atomic E-state index is 0.104. The fraction of sp³-hybridized carbons (Fsp3) is 0.174. The van der Waals surface area contributed by atoms with Gasteiger partial charge in [0.25, 0.3) is 0 Å². The molecule has 2 atom stereocenters. The van der Waals surface area contributed by atoms with Crippen LogP contribution in [0.5, 0.6) is 5.75 Å². The minimum atomic E-state index is -0.269. The highest BCUT2D eigenvalue weighted by molar-refractivity contribution is 9.10. The normalized spacial score (nSPS) is 20.2. The number of aryl methyl sites for hydroxylation is 1. The van der Waals surface area contributed by atoms with Crippen molar-refractivity contribution in [2.45, 2.75) is 25.6 Å². The van der Waals surface area contributed by atoms with Gasteiger partial charge in [-0.05, 0) is 42.8 Å². The fourth-order valence-electron chi connectivity index (χ4n) is 3.83. The summed E-state index contributed by atoms with van der Waals surface area (Å²) in [6.07, 6.45) is 0.557. The highest BCUT2D eigenvalue weighted by Gasteiger charge is 2.41. The van der Waals surface area contributed by atoms with Crippen LogP contribution in [0.15, 0.2) is 76.3 Å². The molecule has 2 aliphatic heterocycles. The van der Waals surface area contributed by atoms with E-state index < -0.39 is 0 Å². The lowest BCUT2D eigenvalue weighted by Crippen LogP contribution is -2.33. The zero-order valence-electron chi connectivity index (χ0n) is 15.3. The van der Waals surface area contributed by atoms with E-state index in [2.05, 4.69) is 64.3 Å². The lowest BCUT2D eigenvalue weighted by molar-refractivity contribution is -0.0190. The Morgan fingerprint density at radius 1 is 1.04 bits per heavy atom. The second-order valence-corrected chi connectivity index (χ2v) is 8.57. The first-order chi connectivity index (χ1) is 13.6. The van der Waals surface area contributed by atoms with Gasteiger partial charge in [-0.25, -0.2) is 5.01 Å². The van der Waals surface area contributed by atoms with Crippen LogP contribution in [0.3, 0.4) is 0 Å². The van der Waals surface area contributed by atoms with E-state index in [1.54, 1.807) is 0 Å². The summed E-state index contributed by atoms with van der Waals surface area (Å²) in [4.78, 5) is 0. The topological polar surface area (TPSA) is 24.8 Å². The Bertz CT molecular complexity index is 1060. The zero-order valence-corrected chi connectivity index (χ0v) is 17.6. The molecule has 0 bridgehead atoms. The number of hydrogen-bond donors (Lipinski definition) is 0. The molecular formula is C23H18BrClN2O. The maximum absolute atomic E-state index is 6.37. The van der Waals surface area contributed by atoms with E-state index in [1.807, 2.05) is 30.3 Å². The van der Waals surface area contributed by atoms with Crippen LogP contribution in [0, 0.1) is 6.92 Å². The van der Waals surface area contributed by atoms with Crippen molar-refractivity contribution in [3.63, 3.8) is 0 Å². The number of halogens is 2. The number of rotatable bonds is 2. The van der Waals surface area contributed by atoms with Gasteiger partial charge in [0.2, 0.25) is 6.23 Å². The molecule has 0 spiro atoms. The minimum Gasteiger partial charge on any atom is -0.464 e. The molecule has 3 aromatic rings. The van der Waals surface area contributed by atoms with E-state index in [1.165, 1.54) is 5.56 Å². The van der Waals surface area contributed by atoms with E-state index in [0.717, 1.165) is 39.0 Å². The van der Waals surface area contributed by atoms with Gasteiger partial charge in [0.05, 0.1) is 11.8 Å². The number of hydrazone groups is 1. The molecule has 2 heterocycles. The molecule has 0 aliphatic carbocycles. The Kier molecular flexibility index (Phi) is 4.41. The first-order valence-corrected chi connectivity index (χ1v) is 10.4. The van der Waals surface area contributed by atoms with Crippen molar-refractivity contribution in [3.8, 4) is 5.75 Å². The molecule has 0 amide bonds. The molecule has 0 unspecified atom stereocenters. The largest absolute Gasteiger partial charge is 0.464 e. The molecule has 0 aromatic heterocycles. The summed E-state index contributed by atoms with van der Waals surface area (Å²) in [5.41, 5.74) is 5.63. The van der Waals surface area contributed by atoms with Crippen molar-refractivity contribution in [2.75, 3.05) is 0 Å². The molecule has 3 nitrogen and oxygen atoms in total. The van der Waals surface area contributed by atoms with E-state index >= 15 is 0 Å². The molecule has 0 radical (unpaired) electrons. The van der Waals surface area contributed by atoms with Crippen LogP contribution < -0.4 is 4.74 Å². The number of fused-ring (bicyclic) bond motifs is 3. The Labute approximate surface area is 177 Å². The lowest BCUT2D eigenvalue weighted by atomic mass is 9.95. The third-order valence-corrected chi connectivity index (χ3v) is 6.06. The van der Waals surface area contributed by atoms with Gasteiger partial charge in [-0.15, -0.1) is 0 Å². The maximum Gasteiger partial charge on any atom is 0.213 e. The molecule has 140 valence electrons. The molecule has 0 N–H and O–H groups in total. The molecule has 0 saturated carbocycles. The van der Waals surface area contributed by atoms with Gasteiger partial charge < -0.3 is 4.74 Å². The van der Waals surface area contributed by atoms with Gasteiger partial charge in [-0.2, -0.15) is 5.10 Å². The van der Waals surface area contributed by atoms with Crippen LogP contribution in [0.2, 0.25) is 5.02 Å². The average Bonchev–Trinajstić information content (AvgIpc) is 3.14. The van der Waals surface area contributed by atoms with Crippen LogP contribution in [-0.2, 0) is 0 Å². The second-order valence-electron chi connectivity index (χ2n) is 7.22. The summed E-state index contributed by atoms with van der Waals surface area (Å²) in [5, 5.41) is 7.79. The molecule has 0 saturated heterocycles. The van der Waals surface area contributed by atoms with Crippen molar-refractivity contribution >= 4 is 33.2 Å². The second kappa shape index (κ2) is 6.94. The molecule has 5 heteroatoms. The van der Waals surface area contributed by atoms with Gasteiger partial charge in [-0.1, -0.05) is 69.5 Å². The Hall–Kier alpha value is -2.30. The van der Waals surface area contributed by atoms with E-state index in [4.69, 9.17) is 21.4 Å². The third-order valence-electron chi connectivity index (χ3n) is 5.29. The van der Waals surface area contributed by atoms with Crippen molar-refractivity contribution in [3.05, 3.63) is 98.5 Å². The van der Waals surface area contributed by atoms with Gasteiger partial charge >= 0.3 is 0 Å². The van der Waals surface area contributed by atoms with Crippen LogP contribution in [0.4, 0.5) is 0 Å². The smallest absolute Gasteiger partial charge is 0.213 e. The quantitative estimate of drug-likeness (QED) is 0.434. The summed E-state index contributed by atoms with van der Waals surface area (Å²) in [7, 11) is 0. The predicted molar refractivity (Wildman–Crippen MR) is 116 cm³/mol. The third kappa shape index (κ3) is 3.11. The molecular weight excluding hydrogens is 436 g/mol. The Morgan fingerprint density at radius 3 is 2.54 bits per heavy atom. The van der Waals surface area contributed by atoms with E-state index in [0.29, 0.717) is 5.02 Å². The van der Waals surface area contributed by atoms with Crippen molar-refractivity contribution in [1.29, 1.82) is 0 Å². The highest BCUT2D eigenvalue weighted by Crippen LogP contribution is 2.48. The molecule has 5 rings (SSSR count). The summed E-state index contributed by atoms with van der Waals surface area (Å²) >= 11 is 9.80. The highest BCUT2D eigenvalue weighted by atomic mass is 79.9. The van der Waals surface area contributed by atoms with Crippen LogP contribution >= 0.6 is 27.5 Å². The molecule has 28 heavy (non-hydrogen) atoms. The standard InChI is InChI=1S/C23H18BrClN2O/c1-14-2-4-15(5-3-14)20-13-21-19-12-18(25)10-11-22(19)28-23(27(21)26-20)16-6-8-17(24)9-7-16/h2-12,21,23H,13H2,1H3/t21-,23-/m1/s1. The van der Waals surface area contributed by atoms with E-state index in [-0.39, 0.29) is 12.3 Å². The molecule has 2 aliphatic rings. The summed E-state index contributed by atoms with van der Waals surface area (Å²) in [6, 6.07) is 22.7. The Balaban J connectivity index is 1.59. The number of benzene rings is 3. The number of ether oxygens (including phenoxy) is 1. The lowest BCUT2D eigenvalue weighted by Gasteiger charge is -2.38. The predicted octanol–water partition coefficient (Wildman–Crippen LogP) is 6.65. The van der Waals surface area contributed by atoms with Crippen LogP contribution in [-0.4, -0.2) is 10.7 Å². The van der Waals surface area contributed by atoms with Gasteiger partial charge in [0.1, 0.15) is 5.75 Å². The van der Waals surface area contributed by atoms with Gasteiger partial charge in [-0.3, -0.25) is 0 Å². The fourth-order valence-corrected chi connectivity index (χ4v) is 4.27. The Morgan fingerprint density at radius 2 is 1.79 bits per heavy atom. The average molecular weight is 454 g/mol. The van der Waals surface area contributed by atoms with E-state index in [9.17, 15) is 0 Å². The van der Waals surface area contributed by atoms with Crippen molar-refractivity contribution < 1.29 is 4.74 Å². The molecule has 3 aromatic carbocycles. The van der Waals surface area contributed by atoms with Crippen molar-refractivity contribution in [1.82, 2.24) is 5.01 Å².